The topological polar surface area (TPSA) is 60.4 Å². The molecule has 0 aliphatic carbocycles. The van der Waals surface area contributed by atoms with E-state index < -0.39 is 17.9 Å². The molecule has 6 heteroatoms. The first-order valence-corrected chi connectivity index (χ1v) is 9.74. The van der Waals surface area contributed by atoms with E-state index in [1.165, 1.54) is 5.56 Å². The van der Waals surface area contributed by atoms with Gasteiger partial charge in [-0.25, -0.2) is 0 Å². The maximum atomic E-state index is 12.9. The minimum Gasteiger partial charge on any atom is -0.547 e. The predicted molar refractivity (Wildman–Crippen MR) is 110 cm³/mol. The van der Waals surface area contributed by atoms with Crippen molar-refractivity contribution in [3.8, 4) is 0 Å². The number of hydrogen-bond acceptors (Lipinski definition) is 5. The smallest absolute Gasteiger partial charge is 0.267 e. The molecule has 1 saturated heterocycles. The first-order valence-electron chi connectivity index (χ1n) is 8.51. The zero-order chi connectivity index (χ0) is 19.6. The van der Waals surface area contributed by atoms with Crippen LogP contribution in [0.1, 0.15) is 42.5 Å². The van der Waals surface area contributed by atoms with Gasteiger partial charge in [-0.05, 0) is 28.7 Å². The average Bonchev–Trinajstić information content (AvgIpc) is 2.91. The van der Waals surface area contributed by atoms with Crippen molar-refractivity contribution in [2.75, 3.05) is 0 Å². The fraction of sp³-hybridized carbons (Fsp3) is 0.190. The van der Waals surface area contributed by atoms with Crippen LogP contribution in [0.3, 0.4) is 0 Å². The largest absolute Gasteiger partial charge is 0.547 e. The van der Waals surface area contributed by atoms with Crippen molar-refractivity contribution in [3.05, 3.63) is 76.2 Å². The maximum absolute atomic E-state index is 12.9. The van der Waals surface area contributed by atoms with Gasteiger partial charge in [0.25, 0.3) is 5.91 Å². The van der Waals surface area contributed by atoms with E-state index in [1.54, 1.807) is 36.4 Å². The normalized spacial score (nSPS) is 17.0. The molecule has 1 amide bonds. The summed E-state index contributed by atoms with van der Waals surface area (Å²) in [7, 11) is 0. The fourth-order valence-corrected chi connectivity index (χ4v) is 4.17. The summed E-state index contributed by atoms with van der Waals surface area (Å²) in [6, 6.07) is 15.2. The van der Waals surface area contributed by atoms with Gasteiger partial charge in [0.1, 0.15) is 10.4 Å². The van der Waals surface area contributed by atoms with Crippen LogP contribution in [0.15, 0.2) is 59.5 Å². The van der Waals surface area contributed by atoms with Crippen LogP contribution < -0.4 is 5.11 Å². The number of carbonyl (C=O) groups excluding carboxylic acids is 2. The van der Waals surface area contributed by atoms with E-state index in [9.17, 15) is 14.7 Å². The number of aliphatic carboxylic acids is 1. The van der Waals surface area contributed by atoms with E-state index in [1.807, 2.05) is 24.3 Å². The number of carbonyl (C=O) groups is 2. The summed E-state index contributed by atoms with van der Waals surface area (Å²) < 4.78 is 0.211. The summed E-state index contributed by atoms with van der Waals surface area (Å²) in [5.41, 5.74) is 2.53. The minimum absolute atomic E-state index is 0.211. The number of thiocarbonyl (C=S) groups is 1. The highest BCUT2D eigenvalue weighted by molar-refractivity contribution is 8.26. The van der Waals surface area contributed by atoms with Gasteiger partial charge in [-0.3, -0.25) is 9.69 Å². The third kappa shape index (κ3) is 4.12. The van der Waals surface area contributed by atoms with E-state index in [4.69, 9.17) is 12.2 Å². The van der Waals surface area contributed by atoms with Crippen LogP contribution in [-0.4, -0.2) is 21.1 Å². The third-order valence-corrected chi connectivity index (χ3v) is 5.65. The van der Waals surface area contributed by atoms with Gasteiger partial charge in [-0.15, -0.1) is 0 Å². The fourth-order valence-electron chi connectivity index (χ4n) is 2.86. The molecule has 1 heterocycles. The quantitative estimate of drug-likeness (QED) is 0.572. The molecule has 0 N–H and O–H groups in total. The van der Waals surface area contributed by atoms with Gasteiger partial charge in [0, 0.05) is 0 Å². The zero-order valence-electron chi connectivity index (χ0n) is 14.9. The van der Waals surface area contributed by atoms with Crippen molar-refractivity contribution >= 4 is 46.3 Å². The van der Waals surface area contributed by atoms with Crippen LogP contribution in [0, 0.1) is 0 Å². The molecule has 4 nitrogen and oxygen atoms in total. The van der Waals surface area contributed by atoms with Crippen molar-refractivity contribution in [2.45, 2.75) is 25.8 Å². The Hall–Kier alpha value is -2.44. The van der Waals surface area contributed by atoms with Crippen molar-refractivity contribution in [2.24, 2.45) is 0 Å². The number of amides is 1. The molecule has 0 bridgehead atoms. The van der Waals surface area contributed by atoms with Gasteiger partial charge in [0.2, 0.25) is 0 Å². The Bertz CT molecular complexity index is 905. The van der Waals surface area contributed by atoms with Crippen LogP contribution in [0.4, 0.5) is 0 Å². The second-order valence-electron chi connectivity index (χ2n) is 6.51. The Balaban J connectivity index is 1.91. The number of carboxylic acid groups (broad SMARTS) is 1. The molecule has 2 aromatic carbocycles. The summed E-state index contributed by atoms with van der Waals surface area (Å²) >= 11 is 6.40. The monoisotopic (exact) mass is 396 g/mol. The van der Waals surface area contributed by atoms with E-state index in [0.717, 1.165) is 22.2 Å². The van der Waals surface area contributed by atoms with Gasteiger partial charge >= 0.3 is 0 Å². The molecule has 2 aromatic rings. The van der Waals surface area contributed by atoms with Gasteiger partial charge in [0.05, 0.1) is 10.9 Å². The van der Waals surface area contributed by atoms with E-state index in [2.05, 4.69) is 13.8 Å². The molecule has 3 rings (SSSR count). The highest BCUT2D eigenvalue weighted by Crippen LogP contribution is 2.38. The van der Waals surface area contributed by atoms with E-state index in [0.29, 0.717) is 16.4 Å². The van der Waals surface area contributed by atoms with Crippen molar-refractivity contribution < 1.29 is 14.7 Å². The first kappa shape index (κ1) is 19.3. The van der Waals surface area contributed by atoms with Gasteiger partial charge in [0.15, 0.2) is 0 Å². The molecule has 0 aromatic heterocycles. The number of nitrogens with zero attached hydrogens (tertiary/aromatic N) is 1. The van der Waals surface area contributed by atoms with Gasteiger partial charge < -0.3 is 9.90 Å². The van der Waals surface area contributed by atoms with Gasteiger partial charge in [-0.1, -0.05) is 92.4 Å². The lowest BCUT2D eigenvalue weighted by molar-refractivity contribution is -0.310. The van der Waals surface area contributed by atoms with E-state index in [-0.39, 0.29) is 4.32 Å². The van der Waals surface area contributed by atoms with Crippen molar-refractivity contribution in [1.82, 2.24) is 4.90 Å². The summed E-state index contributed by atoms with van der Waals surface area (Å²) in [5, 5.41) is 11.8. The molecule has 0 spiro atoms. The number of benzene rings is 2. The first-order chi connectivity index (χ1) is 12.9. The lowest BCUT2D eigenvalue weighted by Crippen LogP contribution is -2.43. The van der Waals surface area contributed by atoms with Crippen LogP contribution in [0.25, 0.3) is 6.08 Å². The SMILES string of the molecule is CC(C)c1ccc(/C=C2/SC(=S)N([C@H](C(=O)[O-])c3ccccc3)C2=O)cc1. The standard InChI is InChI=1S/C21H19NO3S2/c1-13(2)15-10-8-14(9-11-15)12-17-19(23)22(21(26)27-17)18(20(24)25)16-6-4-3-5-7-16/h3-13,18H,1-2H3,(H,24,25)/p-1/b17-12+/t18-/m0/s1. The molecule has 0 saturated carbocycles. The lowest BCUT2D eigenvalue weighted by Gasteiger charge is -2.27. The molecule has 1 aliphatic rings. The molecular formula is C21H18NO3S2-. The highest BCUT2D eigenvalue weighted by Gasteiger charge is 2.38. The Morgan fingerprint density at radius 1 is 1.07 bits per heavy atom. The Kier molecular flexibility index (Phi) is 5.77. The Morgan fingerprint density at radius 3 is 2.26 bits per heavy atom. The number of rotatable bonds is 5. The van der Waals surface area contributed by atoms with Crippen molar-refractivity contribution in [1.29, 1.82) is 0 Å². The van der Waals surface area contributed by atoms with Gasteiger partial charge in [-0.2, -0.15) is 0 Å². The summed E-state index contributed by atoms with van der Waals surface area (Å²) in [5.74, 6) is -1.36. The van der Waals surface area contributed by atoms with E-state index >= 15 is 0 Å². The molecule has 27 heavy (non-hydrogen) atoms. The third-order valence-electron chi connectivity index (χ3n) is 4.32. The van der Waals surface area contributed by atoms with Crippen molar-refractivity contribution in [3.63, 3.8) is 0 Å². The van der Waals surface area contributed by atoms with Crippen LogP contribution in [0.5, 0.6) is 0 Å². The maximum Gasteiger partial charge on any atom is 0.267 e. The second-order valence-corrected chi connectivity index (χ2v) is 8.18. The molecule has 1 aliphatic heterocycles. The highest BCUT2D eigenvalue weighted by atomic mass is 32.2. The predicted octanol–water partition coefficient (Wildman–Crippen LogP) is 3.50. The molecule has 0 unspecified atom stereocenters. The molecule has 0 radical (unpaired) electrons. The minimum atomic E-state index is -1.36. The zero-order valence-corrected chi connectivity index (χ0v) is 16.5. The van der Waals surface area contributed by atoms with Crippen LogP contribution >= 0.6 is 24.0 Å². The summed E-state index contributed by atoms with van der Waals surface area (Å²) in [6.45, 7) is 4.23. The van der Waals surface area contributed by atoms with Crippen LogP contribution in [0.2, 0.25) is 0 Å². The Morgan fingerprint density at radius 2 is 1.70 bits per heavy atom. The summed E-state index contributed by atoms with van der Waals surface area (Å²) in [6.07, 6.45) is 1.74. The molecule has 1 fully saturated rings. The molecule has 138 valence electrons. The number of hydrogen-bond donors (Lipinski definition) is 0. The second kappa shape index (κ2) is 8.06. The summed E-state index contributed by atoms with van der Waals surface area (Å²) in [4.78, 5) is 26.2. The lowest BCUT2D eigenvalue weighted by atomic mass is 10.0. The number of thioether (sulfide) groups is 1. The Labute approximate surface area is 167 Å². The average molecular weight is 397 g/mol. The number of carboxylic acids is 1. The van der Waals surface area contributed by atoms with Crippen LogP contribution in [-0.2, 0) is 9.59 Å². The molecular weight excluding hydrogens is 378 g/mol. The molecule has 1 atom stereocenters.